The van der Waals surface area contributed by atoms with Gasteiger partial charge in [-0.25, -0.2) is 9.18 Å². The quantitative estimate of drug-likeness (QED) is 0.877. The molecule has 0 radical (unpaired) electrons. The van der Waals surface area contributed by atoms with Crippen LogP contribution in [0.2, 0.25) is 5.02 Å². The molecule has 6 nitrogen and oxygen atoms in total. The van der Waals surface area contributed by atoms with Crippen LogP contribution in [0.5, 0.6) is 0 Å². The summed E-state index contributed by atoms with van der Waals surface area (Å²) in [6, 6.07) is 4.75. The van der Waals surface area contributed by atoms with Gasteiger partial charge in [-0.05, 0) is 30.5 Å². The summed E-state index contributed by atoms with van der Waals surface area (Å²) in [7, 11) is 0. The van der Waals surface area contributed by atoms with Gasteiger partial charge in [0.2, 0.25) is 0 Å². The summed E-state index contributed by atoms with van der Waals surface area (Å²) in [5, 5.41) is 11.8. The molecular formula is C15H14ClFN2O4. The van der Waals surface area contributed by atoms with Crippen molar-refractivity contribution in [3.63, 3.8) is 0 Å². The molecule has 0 spiro atoms. The van der Waals surface area contributed by atoms with Crippen molar-refractivity contribution < 1.29 is 18.8 Å². The third-order valence-corrected chi connectivity index (χ3v) is 4.44. The lowest BCUT2D eigenvalue weighted by molar-refractivity contribution is 0.0968. The number of carbonyl (C=O) groups is 1. The molecule has 1 amide bonds. The highest BCUT2D eigenvalue weighted by Gasteiger charge is 2.35. The SMILES string of the molecule is O=C(O)N1CC[C@@H](c2cc(=O)[nH]o2)C[C@@H]1c1ccc(F)cc1Cl. The first kappa shape index (κ1) is 15.6. The van der Waals surface area contributed by atoms with E-state index >= 15 is 0 Å². The minimum Gasteiger partial charge on any atom is -0.465 e. The second kappa shape index (κ2) is 6.08. The van der Waals surface area contributed by atoms with Crippen LogP contribution in [0.3, 0.4) is 0 Å². The Morgan fingerprint density at radius 3 is 2.83 bits per heavy atom. The first-order chi connectivity index (χ1) is 11.0. The zero-order valence-corrected chi connectivity index (χ0v) is 12.7. The van der Waals surface area contributed by atoms with Crippen molar-refractivity contribution in [2.45, 2.75) is 24.8 Å². The van der Waals surface area contributed by atoms with E-state index in [1.807, 2.05) is 0 Å². The molecule has 122 valence electrons. The molecule has 1 saturated heterocycles. The van der Waals surface area contributed by atoms with E-state index in [1.54, 1.807) is 0 Å². The Morgan fingerprint density at radius 2 is 2.22 bits per heavy atom. The Labute approximate surface area is 135 Å². The number of likely N-dealkylation sites (tertiary alicyclic amines) is 1. The Hall–Kier alpha value is -2.28. The third-order valence-electron chi connectivity index (χ3n) is 4.11. The van der Waals surface area contributed by atoms with Gasteiger partial charge in [-0.1, -0.05) is 17.7 Å². The highest BCUT2D eigenvalue weighted by molar-refractivity contribution is 6.31. The maximum Gasteiger partial charge on any atom is 0.407 e. The monoisotopic (exact) mass is 340 g/mol. The summed E-state index contributed by atoms with van der Waals surface area (Å²) >= 11 is 6.09. The van der Waals surface area contributed by atoms with Gasteiger partial charge in [0.05, 0.1) is 6.04 Å². The Bertz CT molecular complexity index is 788. The van der Waals surface area contributed by atoms with Gasteiger partial charge in [0.25, 0.3) is 5.56 Å². The van der Waals surface area contributed by atoms with Gasteiger partial charge in [-0.3, -0.25) is 4.79 Å². The number of hydrogen-bond acceptors (Lipinski definition) is 3. The normalized spacial score (nSPS) is 21.4. The molecule has 2 atom stereocenters. The molecule has 0 bridgehead atoms. The fourth-order valence-corrected chi connectivity index (χ4v) is 3.31. The number of amides is 1. The highest BCUT2D eigenvalue weighted by Crippen LogP contribution is 2.41. The number of aromatic amines is 1. The predicted molar refractivity (Wildman–Crippen MR) is 80.2 cm³/mol. The Balaban J connectivity index is 1.94. The third kappa shape index (κ3) is 3.10. The molecular weight excluding hydrogens is 327 g/mol. The van der Waals surface area contributed by atoms with Gasteiger partial charge in [0.1, 0.15) is 11.6 Å². The van der Waals surface area contributed by atoms with Gasteiger partial charge in [0, 0.05) is 23.6 Å². The lowest BCUT2D eigenvalue weighted by atomic mass is 9.86. The summed E-state index contributed by atoms with van der Waals surface area (Å²) in [5.41, 5.74) is 0.204. The topological polar surface area (TPSA) is 86.5 Å². The molecule has 0 aliphatic carbocycles. The van der Waals surface area contributed by atoms with E-state index in [4.69, 9.17) is 16.1 Å². The summed E-state index contributed by atoms with van der Waals surface area (Å²) in [6.07, 6.45) is -0.134. The number of nitrogens with one attached hydrogen (secondary N) is 1. The number of benzene rings is 1. The fraction of sp³-hybridized carbons (Fsp3) is 0.333. The molecule has 3 rings (SSSR count). The van der Waals surface area contributed by atoms with Gasteiger partial charge >= 0.3 is 6.09 Å². The van der Waals surface area contributed by atoms with Crippen LogP contribution in [0.1, 0.15) is 36.1 Å². The van der Waals surface area contributed by atoms with E-state index in [0.717, 1.165) is 6.07 Å². The zero-order chi connectivity index (χ0) is 16.6. The molecule has 2 aromatic rings. The summed E-state index contributed by atoms with van der Waals surface area (Å²) in [6.45, 7) is 0.271. The van der Waals surface area contributed by atoms with Crippen molar-refractivity contribution in [3.05, 3.63) is 56.8 Å². The van der Waals surface area contributed by atoms with E-state index in [1.165, 1.54) is 23.1 Å². The number of aromatic nitrogens is 1. The minimum atomic E-state index is -1.07. The molecule has 23 heavy (non-hydrogen) atoms. The van der Waals surface area contributed by atoms with Gasteiger partial charge in [-0.2, -0.15) is 5.16 Å². The second-order valence-corrected chi connectivity index (χ2v) is 5.90. The van der Waals surface area contributed by atoms with Crippen molar-refractivity contribution >= 4 is 17.7 Å². The Morgan fingerprint density at radius 1 is 1.43 bits per heavy atom. The lowest BCUT2D eigenvalue weighted by Gasteiger charge is -2.37. The molecule has 1 aliphatic heterocycles. The highest BCUT2D eigenvalue weighted by atomic mass is 35.5. The fourth-order valence-electron chi connectivity index (χ4n) is 3.02. The first-order valence-corrected chi connectivity index (χ1v) is 7.46. The van der Waals surface area contributed by atoms with Crippen LogP contribution in [0, 0.1) is 5.82 Å². The van der Waals surface area contributed by atoms with Crippen LogP contribution in [0.4, 0.5) is 9.18 Å². The van der Waals surface area contributed by atoms with Gasteiger partial charge in [-0.15, -0.1) is 0 Å². The standard InChI is InChI=1S/C15H14ClFN2O4/c16-11-6-9(17)1-2-10(11)12-5-8(3-4-19(12)15(21)22)13-7-14(20)18-23-13/h1-2,6-8,12H,3-5H2,(H,18,20)(H,21,22)/t8-,12-/m1/s1. The average Bonchev–Trinajstić information content (AvgIpc) is 2.93. The number of H-pyrrole nitrogens is 1. The molecule has 1 fully saturated rings. The molecule has 0 unspecified atom stereocenters. The van der Waals surface area contributed by atoms with Crippen molar-refractivity contribution in [2.24, 2.45) is 0 Å². The second-order valence-electron chi connectivity index (χ2n) is 5.49. The van der Waals surface area contributed by atoms with Crippen LogP contribution in [-0.4, -0.2) is 27.8 Å². The maximum absolute atomic E-state index is 13.2. The molecule has 2 heterocycles. The molecule has 1 aromatic carbocycles. The van der Waals surface area contributed by atoms with E-state index in [-0.39, 0.29) is 23.0 Å². The largest absolute Gasteiger partial charge is 0.465 e. The number of halogens is 2. The summed E-state index contributed by atoms with van der Waals surface area (Å²) < 4.78 is 18.4. The Kier molecular flexibility index (Phi) is 4.12. The molecule has 2 N–H and O–H groups in total. The van der Waals surface area contributed by atoms with Crippen LogP contribution in [-0.2, 0) is 0 Å². The smallest absolute Gasteiger partial charge is 0.407 e. The number of nitrogens with zero attached hydrogens (tertiary/aromatic N) is 1. The average molecular weight is 341 g/mol. The van der Waals surface area contributed by atoms with Crippen LogP contribution >= 0.6 is 11.6 Å². The van der Waals surface area contributed by atoms with Crippen LogP contribution in [0.15, 0.2) is 33.6 Å². The van der Waals surface area contributed by atoms with Crippen molar-refractivity contribution in [3.8, 4) is 0 Å². The van der Waals surface area contributed by atoms with E-state index in [2.05, 4.69) is 5.16 Å². The van der Waals surface area contributed by atoms with Crippen molar-refractivity contribution in [1.82, 2.24) is 10.1 Å². The molecule has 1 aliphatic rings. The number of hydrogen-bond donors (Lipinski definition) is 2. The number of carboxylic acid groups (broad SMARTS) is 1. The summed E-state index contributed by atoms with van der Waals surface area (Å²) in [4.78, 5) is 24.0. The zero-order valence-electron chi connectivity index (χ0n) is 12.0. The van der Waals surface area contributed by atoms with Gasteiger partial charge in [0.15, 0.2) is 0 Å². The van der Waals surface area contributed by atoms with Crippen LogP contribution < -0.4 is 5.56 Å². The predicted octanol–water partition coefficient (Wildman–Crippen LogP) is 3.36. The molecule has 1 aromatic heterocycles. The lowest BCUT2D eigenvalue weighted by Crippen LogP contribution is -2.39. The minimum absolute atomic E-state index is 0.115. The first-order valence-electron chi connectivity index (χ1n) is 7.08. The molecule has 0 saturated carbocycles. The number of piperidine rings is 1. The van der Waals surface area contributed by atoms with Crippen molar-refractivity contribution in [2.75, 3.05) is 6.54 Å². The van der Waals surface area contributed by atoms with E-state index in [0.29, 0.717) is 24.2 Å². The van der Waals surface area contributed by atoms with E-state index < -0.39 is 18.0 Å². The van der Waals surface area contributed by atoms with Crippen molar-refractivity contribution in [1.29, 1.82) is 0 Å². The van der Waals surface area contributed by atoms with Gasteiger partial charge < -0.3 is 14.5 Å². The van der Waals surface area contributed by atoms with E-state index in [9.17, 15) is 19.1 Å². The maximum atomic E-state index is 13.2. The van der Waals surface area contributed by atoms with Crippen LogP contribution in [0.25, 0.3) is 0 Å². The number of rotatable bonds is 2. The summed E-state index contributed by atoms with van der Waals surface area (Å²) in [5.74, 6) is -0.108. The molecule has 8 heteroatoms.